The lowest BCUT2D eigenvalue weighted by molar-refractivity contribution is 0.625. The maximum absolute atomic E-state index is 4.22. The summed E-state index contributed by atoms with van der Waals surface area (Å²) in [5.74, 6) is 0.678. The number of rotatable bonds is 3. The molecule has 0 aromatic carbocycles. The van der Waals surface area contributed by atoms with Crippen LogP contribution in [0.15, 0.2) is 12.4 Å². The molecule has 0 atom stereocenters. The molecule has 0 saturated carbocycles. The molecule has 1 aromatic heterocycles. The molecule has 78 valence electrons. The van der Waals surface area contributed by atoms with Crippen LogP contribution in [0.3, 0.4) is 0 Å². The first-order valence-corrected chi connectivity index (χ1v) is 4.75. The van der Waals surface area contributed by atoms with Gasteiger partial charge in [0, 0.05) is 30.0 Å². The van der Waals surface area contributed by atoms with Gasteiger partial charge in [-0.1, -0.05) is 0 Å². The fraction of sp³-hybridized carbons (Fsp3) is 0.600. The van der Waals surface area contributed by atoms with Gasteiger partial charge >= 0.3 is 0 Å². The summed E-state index contributed by atoms with van der Waals surface area (Å²) in [5, 5.41) is 6.26. The third-order valence-corrected chi connectivity index (χ3v) is 1.57. The minimum atomic E-state index is 0.00449. The van der Waals surface area contributed by atoms with Gasteiger partial charge in [-0.2, -0.15) is 0 Å². The topological polar surface area (TPSA) is 49.8 Å². The number of anilines is 1. The Hall–Kier alpha value is -1.16. The smallest absolute Gasteiger partial charge is 0.223 e. The average Bonchev–Trinajstić information content (AvgIpc) is 2.06. The molecule has 14 heavy (non-hydrogen) atoms. The van der Waals surface area contributed by atoms with Crippen molar-refractivity contribution in [1.29, 1.82) is 0 Å². The zero-order chi connectivity index (χ0) is 10.6. The van der Waals surface area contributed by atoms with Gasteiger partial charge in [-0.15, -0.1) is 0 Å². The van der Waals surface area contributed by atoms with Gasteiger partial charge in [0.2, 0.25) is 5.95 Å². The zero-order valence-electron chi connectivity index (χ0n) is 9.26. The summed E-state index contributed by atoms with van der Waals surface area (Å²) in [6.45, 7) is 7.05. The lowest BCUT2D eigenvalue weighted by Gasteiger charge is -2.20. The van der Waals surface area contributed by atoms with Crippen molar-refractivity contribution < 1.29 is 0 Å². The van der Waals surface area contributed by atoms with Crippen LogP contribution in [0.5, 0.6) is 0 Å². The predicted octanol–water partition coefficient (Wildman–Crippen LogP) is 1.41. The second-order valence-electron chi connectivity index (χ2n) is 4.32. The first-order valence-electron chi connectivity index (χ1n) is 4.75. The van der Waals surface area contributed by atoms with Crippen LogP contribution < -0.4 is 10.6 Å². The Kier molecular flexibility index (Phi) is 3.41. The minimum Gasteiger partial charge on any atom is -0.350 e. The SMILES string of the molecule is CNCc1cnc(NC(C)(C)C)nc1. The third kappa shape index (κ3) is 3.70. The molecule has 0 radical (unpaired) electrons. The molecular weight excluding hydrogens is 176 g/mol. The lowest BCUT2D eigenvalue weighted by atomic mass is 10.1. The third-order valence-electron chi connectivity index (χ3n) is 1.57. The van der Waals surface area contributed by atoms with Crippen LogP contribution in [0.4, 0.5) is 5.95 Å². The summed E-state index contributed by atoms with van der Waals surface area (Å²) in [6, 6.07) is 0. The van der Waals surface area contributed by atoms with Gasteiger partial charge in [-0.3, -0.25) is 0 Å². The minimum absolute atomic E-state index is 0.00449. The fourth-order valence-electron chi connectivity index (χ4n) is 1.05. The van der Waals surface area contributed by atoms with E-state index in [0.717, 1.165) is 12.1 Å². The highest BCUT2D eigenvalue weighted by Gasteiger charge is 2.10. The van der Waals surface area contributed by atoms with Crippen LogP contribution in [0.25, 0.3) is 0 Å². The molecule has 0 saturated heterocycles. The Balaban J connectivity index is 2.64. The van der Waals surface area contributed by atoms with Crippen molar-refractivity contribution in [3.8, 4) is 0 Å². The molecule has 2 N–H and O–H groups in total. The fourth-order valence-corrected chi connectivity index (χ4v) is 1.05. The van der Waals surface area contributed by atoms with Crippen LogP contribution in [-0.2, 0) is 6.54 Å². The zero-order valence-corrected chi connectivity index (χ0v) is 9.26. The van der Waals surface area contributed by atoms with Crippen molar-refractivity contribution in [2.24, 2.45) is 0 Å². The molecule has 0 aliphatic heterocycles. The largest absolute Gasteiger partial charge is 0.350 e. The maximum atomic E-state index is 4.22. The molecule has 0 unspecified atom stereocenters. The molecule has 4 heteroatoms. The maximum Gasteiger partial charge on any atom is 0.223 e. The van der Waals surface area contributed by atoms with Crippen molar-refractivity contribution in [3.63, 3.8) is 0 Å². The van der Waals surface area contributed by atoms with Gasteiger partial charge in [0.05, 0.1) is 0 Å². The van der Waals surface area contributed by atoms with Gasteiger partial charge in [-0.25, -0.2) is 9.97 Å². The van der Waals surface area contributed by atoms with E-state index in [9.17, 15) is 0 Å². The summed E-state index contributed by atoms with van der Waals surface area (Å²) < 4.78 is 0. The van der Waals surface area contributed by atoms with Crippen LogP contribution in [-0.4, -0.2) is 22.6 Å². The molecular formula is C10H18N4. The number of hydrogen-bond donors (Lipinski definition) is 2. The monoisotopic (exact) mass is 194 g/mol. The molecule has 0 amide bonds. The summed E-state index contributed by atoms with van der Waals surface area (Å²) in [7, 11) is 1.90. The van der Waals surface area contributed by atoms with Crippen LogP contribution in [0.1, 0.15) is 26.3 Å². The molecule has 1 heterocycles. The molecule has 0 aliphatic carbocycles. The molecule has 0 aliphatic rings. The predicted molar refractivity (Wildman–Crippen MR) is 58.2 cm³/mol. The van der Waals surface area contributed by atoms with Crippen molar-refractivity contribution in [3.05, 3.63) is 18.0 Å². The molecule has 0 fully saturated rings. The van der Waals surface area contributed by atoms with Crippen LogP contribution in [0.2, 0.25) is 0 Å². The summed E-state index contributed by atoms with van der Waals surface area (Å²) in [6.07, 6.45) is 3.66. The normalized spacial score (nSPS) is 11.4. The van der Waals surface area contributed by atoms with Crippen molar-refractivity contribution in [1.82, 2.24) is 15.3 Å². The number of nitrogens with one attached hydrogen (secondary N) is 2. The standard InChI is InChI=1S/C10H18N4/c1-10(2,3)14-9-12-6-8(5-11-4)7-13-9/h6-7,11H,5H2,1-4H3,(H,12,13,14). The highest BCUT2D eigenvalue weighted by Crippen LogP contribution is 2.08. The van der Waals surface area contributed by atoms with E-state index in [1.54, 1.807) is 0 Å². The van der Waals surface area contributed by atoms with E-state index in [-0.39, 0.29) is 5.54 Å². The van der Waals surface area contributed by atoms with E-state index >= 15 is 0 Å². The highest BCUT2D eigenvalue weighted by molar-refractivity contribution is 5.27. The summed E-state index contributed by atoms with van der Waals surface area (Å²) in [5.41, 5.74) is 1.09. The molecule has 1 aromatic rings. The van der Waals surface area contributed by atoms with Gasteiger partial charge in [0.1, 0.15) is 0 Å². The molecule has 4 nitrogen and oxygen atoms in total. The summed E-state index contributed by atoms with van der Waals surface area (Å²) >= 11 is 0. The number of hydrogen-bond acceptors (Lipinski definition) is 4. The van der Waals surface area contributed by atoms with E-state index in [4.69, 9.17) is 0 Å². The summed E-state index contributed by atoms with van der Waals surface area (Å²) in [4.78, 5) is 8.44. The Morgan fingerprint density at radius 3 is 2.21 bits per heavy atom. The van der Waals surface area contributed by atoms with E-state index in [1.165, 1.54) is 0 Å². The van der Waals surface area contributed by atoms with E-state index < -0.39 is 0 Å². The van der Waals surface area contributed by atoms with Crippen molar-refractivity contribution >= 4 is 5.95 Å². The number of nitrogens with zero attached hydrogens (tertiary/aromatic N) is 2. The Bertz CT molecular complexity index is 273. The van der Waals surface area contributed by atoms with Crippen molar-refractivity contribution in [2.75, 3.05) is 12.4 Å². The Morgan fingerprint density at radius 2 is 1.79 bits per heavy atom. The second-order valence-corrected chi connectivity index (χ2v) is 4.32. The quantitative estimate of drug-likeness (QED) is 0.763. The van der Waals surface area contributed by atoms with E-state index in [1.807, 2.05) is 19.4 Å². The first-order chi connectivity index (χ1) is 6.51. The Labute approximate surface area is 85.2 Å². The second kappa shape index (κ2) is 4.37. The number of aromatic nitrogens is 2. The van der Waals surface area contributed by atoms with Gasteiger partial charge in [0.15, 0.2) is 0 Å². The van der Waals surface area contributed by atoms with Crippen LogP contribution in [0, 0.1) is 0 Å². The van der Waals surface area contributed by atoms with Gasteiger partial charge < -0.3 is 10.6 Å². The van der Waals surface area contributed by atoms with Crippen LogP contribution >= 0.6 is 0 Å². The van der Waals surface area contributed by atoms with Gasteiger partial charge in [-0.05, 0) is 27.8 Å². The first kappa shape index (κ1) is 10.9. The van der Waals surface area contributed by atoms with E-state index in [2.05, 4.69) is 41.4 Å². The highest BCUT2D eigenvalue weighted by atomic mass is 15.1. The van der Waals surface area contributed by atoms with E-state index in [0.29, 0.717) is 5.95 Å². The van der Waals surface area contributed by atoms with Gasteiger partial charge in [0.25, 0.3) is 0 Å². The van der Waals surface area contributed by atoms with Crippen molar-refractivity contribution in [2.45, 2.75) is 32.9 Å². The molecule has 0 bridgehead atoms. The Morgan fingerprint density at radius 1 is 1.21 bits per heavy atom. The molecule has 0 spiro atoms. The molecule has 1 rings (SSSR count). The average molecular weight is 194 g/mol. The lowest BCUT2D eigenvalue weighted by Crippen LogP contribution is -2.27.